The SMILES string of the molecule is N#Cc1cccc2c(F)cnn12. The summed E-state index contributed by atoms with van der Waals surface area (Å²) in [4.78, 5) is 0. The smallest absolute Gasteiger partial charge is 0.168 e. The molecule has 2 aromatic heterocycles. The lowest BCUT2D eigenvalue weighted by molar-refractivity contribution is 0.639. The summed E-state index contributed by atoms with van der Waals surface area (Å²) in [6.07, 6.45) is 1.09. The van der Waals surface area contributed by atoms with Crippen LogP contribution >= 0.6 is 0 Å². The molecule has 0 aliphatic rings. The molecule has 0 unspecified atom stereocenters. The van der Waals surface area contributed by atoms with E-state index in [1.165, 1.54) is 4.52 Å². The highest BCUT2D eigenvalue weighted by Crippen LogP contribution is 2.09. The Morgan fingerprint density at radius 1 is 1.50 bits per heavy atom. The molecular weight excluding hydrogens is 157 g/mol. The molecule has 0 radical (unpaired) electrons. The van der Waals surface area contributed by atoms with Gasteiger partial charge in [0.15, 0.2) is 5.82 Å². The molecular formula is C8H4FN3. The van der Waals surface area contributed by atoms with E-state index in [9.17, 15) is 4.39 Å². The molecule has 2 rings (SSSR count). The first kappa shape index (κ1) is 6.80. The number of pyridine rings is 1. The summed E-state index contributed by atoms with van der Waals surface area (Å²) in [5.74, 6) is -0.410. The quantitative estimate of drug-likeness (QED) is 0.585. The third-order valence-corrected chi connectivity index (χ3v) is 1.61. The number of nitriles is 1. The normalized spacial score (nSPS) is 10.0. The van der Waals surface area contributed by atoms with E-state index in [4.69, 9.17) is 5.26 Å². The van der Waals surface area contributed by atoms with Crippen LogP contribution in [0.5, 0.6) is 0 Å². The molecule has 0 bridgehead atoms. The van der Waals surface area contributed by atoms with Crippen molar-refractivity contribution in [1.29, 1.82) is 5.26 Å². The third-order valence-electron chi connectivity index (χ3n) is 1.61. The average molecular weight is 161 g/mol. The molecule has 0 spiro atoms. The molecule has 2 heterocycles. The van der Waals surface area contributed by atoms with E-state index in [1.807, 2.05) is 6.07 Å². The molecule has 0 aliphatic heterocycles. The summed E-state index contributed by atoms with van der Waals surface area (Å²) < 4.78 is 14.1. The van der Waals surface area contributed by atoms with Gasteiger partial charge in [-0.05, 0) is 12.1 Å². The van der Waals surface area contributed by atoms with Crippen molar-refractivity contribution < 1.29 is 4.39 Å². The summed E-state index contributed by atoms with van der Waals surface area (Å²) in [5.41, 5.74) is 0.658. The summed E-state index contributed by atoms with van der Waals surface area (Å²) in [7, 11) is 0. The zero-order chi connectivity index (χ0) is 8.55. The molecule has 0 saturated carbocycles. The van der Waals surface area contributed by atoms with Crippen LogP contribution in [0.2, 0.25) is 0 Å². The van der Waals surface area contributed by atoms with Gasteiger partial charge in [-0.25, -0.2) is 8.91 Å². The van der Waals surface area contributed by atoms with Crippen LogP contribution < -0.4 is 0 Å². The van der Waals surface area contributed by atoms with Crippen LogP contribution in [0.15, 0.2) is 24.4 Å². The number of nitrogens with zero attached hydrogens (tertiary/aromatic N) is 3. The van der Waals surface area contributed by atoms with Gasteiger partial charge in [0, 0.05) is 0 Å². The lowest BCUT2D eigenvalue weighted by Crippen LogP contribution is -1.92. The Hall–Kier alpha value is -1.89. The number of rotatable bonds is 0. The molecule has 0 saturated heterocycles. The van der Waals surface area contributed by atoms with E-state index < -0.39 is 5.82 Å². The summed E-state index contributed by atoms with van der Waals surface area (Å²) in [6, 6.07) is 6.70. The van der Waals surface area contributed by atoms with E-state index in [-0.39, 0.29) is 0 Å². The third kappa shape index (κ3) is 0.768. The standard InChI is InChI=1S/C8H4FN3/c9-7-5-11-12-6(4-10)2-1-3-8(7)12/h1-3,5H. The van der Waals surface area contributed by atoms with Crippen molar-refractivity contribution in [3.8, 4) is 6.07 Å². The minimum atomic E-state index is -0.410. The average Bonchev–Trinajstić information content (AvgIpc) is 2.48. The first-order valence-corrected chi connectivity index (χ1v) is 3.35. The summed E-state index contributed by atoms with van der Waals surface area (Å²) in [5, 5.41) is 12.3. The van der Waals surface area contributed by atoms with Gasteiger partial charge >= 0.3 is 0 Å². The van der Waals surface area contributed by atoms with Crippen LogP contribution in [0.1, 0.15) is 5.69 Å². The Morgan fingerprint density at radius 2 is 2.33 bits per heavy atom. The van der Waals surface area contributed by atoms with Crippen molar-refractivity contribution >= 4 is 5.52 Å². The zero-order valence-corrected chi connectivity index (χ0v) is 6.03. The molecule has 3 nitrogen and oxygen atoms in total. The first-order chi connectivity index (χ1) is 5.83. The van der Waals surface area contributed by atoms with Gasteiger partial charge in [-0.1, -0.05) is 6.07 Å². The Morgan fingerprint density at radius 3 is 3.08 bits per heavy atom. The molecule has 12 heavy (non-hydrogen) atoms. The Balaban J connectivity index is 2.92. The maximum Gasteiger partial charge on any atom is 0.168 e. The van der Waals surface area contributed by atoms with E-state index in [0.717, 1.165) is 6.20 Å². The van der Waals surface area contributed by atoms with Crippen LogP contribution in [0.25, 0.3) is 5.52 Å². The van der Waals surface area contributed by atoms with Gasteiger partial charge in [0.25, 0.3) is 0 Å². The van der Waals surface area contributed by atoms with Gasteiger partial charge in [-0.15, -0.1) is 0 Å². The maximum absolute atomic E-state index is 12.9. The second-order valence-electron chi connectivity index (χ2n) is 2.31. The molecule has 0 atom stereocenters. The summed E-state index contributed by atoms with van der Waals surface area (Å²) in [6.45, 7) is 0. The van der Waals surface area contributed by atoms with Crippen LogP contribution in [0.3, 0.4) is 0 Å². The van der Waals surface area contributed by atoms with Gasteiger partial charge in [0.2, 0.25) is 0 Å². The van der Waals surface area contributed by atoms with Crippen LogP contribution in [-0.2, 0) is 0 Å². The Bertz CT molecular complexity index is 467. The highest BCUT2D eigenvalue weighted by atomic mass is 19.1. The molecule has 58 valence electrons. The van der Waals surface area contributed by atoms with Gasteiger partial charge in [-0.3, -0.25) is 0 Å². The van der Waals surface area contributed by atoms with E-state index in [2.05, 4.69) is 5.10 Å². The van der Waals surface area contributed by atoms with Gasteiger partial charge < -0.3 is 0 Å². The van der Waals surface area contributed by atoms with Crippen molar-refractivity contribution in [3.05, 3.63) is 35.9 Å². The minimum absolute atomic E-state index is 0.328. The number of hydrogen-bond acceptors (Lipinski definition) is 2. The topological polar surface area (TPSA) is 41.1 Å². The van der Waals surface area contributed by atoms with Gasteiger partial charge in [0.1, 0.15) is 17.3 Å². The fourth-order valence-electron chi connectivity index (χ4n) is 1.07. The summed E-state index contributed by atoms with van der Waals surface area (Å²) >= 11 is 0. The van der Waals surface area contributed by atoms with Crippen LogP contribution in [0, 0.1) is 17.1 Å². The lowest BCUT2D eigenvalue weighted by Gasteiger charge is -1.93. The molecule has 0 aromatic carbocycles. The van der Waals surface area contributed by atoms with Crippen molar-refractivity contribution in [2.45, 2.75) is 0 Å². The number of halogens is 1. The van der Waals surface area contributed by atoms with Crippen molar-refractivity contribution in [2.24, 2.45) is 0 Å². The number of aromatic nitrogens is 2. The minimum Gasteiger partial charge on any atom is -0.220 e. The van der Waals surface area contributed by atoms with Crippen molar-refractivity contribution in [1.82, 2.24) is 9.61 Å². The second-order valence-corrected chi connectivity index (χ2v) is 2.31. The molecule has 0 amide bonds. The van der Waals surface area contributed by atoms with Gasteiger partial charge in [0.05, 0.1) is 6.20 Å². The first-order valence-electron chi connectivity index (χ1n) is 3.35. The van der Waals surface area contributed by atoms with Crippen LogP contribution in [0.4, 0.5) is 4.39 Å². The predicted octanol–water partition coefficient (Wildman–Crippen LogP) is 1.35. The largest absolute Gasteiger partial charge is 0.220 e. The van der Waals surface area contributed by atoms with E-state index in [0.29, 0.717) is 11.2 Å². The molecule has 2 aromatic rings. The van der Waals surface area contributed by atoms with E-state index in [1.54, 1.807) is 18.2 Å². The molecule has 4 heteroatoms. The molecule has 0 fully saturated rings. The van der Waals surface area contributed by atoms with Crippen molar-refractivity contribution in [3.63, 3.8) is 0 Å². The van der Waals surface area contributed by atoms with Crippen molar-refractivity contribution in [2.75, 3.05) is 0 Å². The highest BCUT2D eigenvalue weighted by Gasteiger charge is 2.04. The number of hydrogen-bond donors (Lipinski definition) is 0. The maximum atomic E-state index is 12.9. The predicted molar refractivity (Wildman–Crippen MR) is 39.9 cm³/mol. The van der Waals surface area contributed by atoms with Crippen LogP contribution in [-0.4, -0.2) is 9.61 Å². The fourth-order valence-corrected chi connectivity index (χ4v) is 1.07. The number of fused-ring (bicyclic) bond motifs is 1. The second kappa shape index (κ2) is 2.31. The zero-order valence-electron chi connectivity index (χ0n) is 6.03. The molecule has 0 N–H and O–H groups in total. The van der Waals surface area contributed by atoms with E-state index >= 15 is 0 Å². The Kier molecular flexibility index (Phi) is 1.31. The Labute approximate surface area is 67.7 Å². The monoisotopic (exact) mass is 161 g/mol. The fraction of sp³-hybridized carbons (Fsp3) is 0. The van der Waals surface area contributed by atoms with Gasteiger partial charge in [-0.2, -0.15) is 10.4 Å². The molecule has 0 aliphatic carbocycles. The lowest BCUT2D eigenvalue weighted by atomic mass is 10.3. The highest BCUT2D eigenvalue weighted by molar-refractivity contribution is 5.49.